The minimum atomic E-state index is -5.02. The second-order valence-corrected chi connectivity index (χ2v) is 10.4. The number of fused-ring (bicyclic) bond motifs is 1. The molecule has 15 heteroatoms. The molecule has 3 heterocycles. The zero-order valence-electron chi connectivity index (χ0n) is 20.3. The Bertz CT molecular complexity index is 1540. The van der Waals surface area contributed by atoms with Crippen molar-refractivity contribution in [3.8, 4) is 0 Å². The molecule has 1 fully saturated rings. The summed E-state index contributed by atoms with van der Waals surface area (Å²) >= 11 is 7.44. The summed E-state index contributed by atoms with van der Waals surface area (Å²) in [7, 11) is 0. The van der Waals surface area contributed by atoms with Gasteiger partial charge in [0.2, 0.25) is 0 Å². The van der Waals surface area contributed by atoms with Crippen molar-refractivity contribution in [2.75, 3.05) is 26.3 Å². The Labute approximate surface area is 232 Å². The first-order valence-corrected chi connectivity index (χ1v) is 13.0. The number of alkyl halides is 6. The first-order chi connectivity index (χ1) is 18.8. The monoisotopic (exact) mass is 604 g/mol. The van der Waals surface area contributed by atoms with Crippen LogP contribution in [0.3, 0.4) is 0 Å². The molecule has 1 aromatic heterocycles. The van der Waals surface area contributed by atoms with Gasteiger partial charge in [-0.05, 0) is 53.2 Å². The average molecular weight is 605 g/mol. The van der Waals surface area contributed by atoms with Crippen LogP contribution in [0.2, 0.25) is 5.15 Å². The Morgan fingerprint density at radius 3 is 2.60 bits per heavy atom. The number of aliphatic hydroxyl groups excluding tert-OH is 1. The largest absolute Gasteiger partial charge is 0.416 e. The van der Waals surface area contributed by atoms with Gasteiger partial charge in [-0.2, -0.15) is 36.4 Å². The number of aromatic nitrogens is 2. The van der Waals surface area contributed by atoms with Crippen LogP contribution in [0.1, 0.15) is 22.3 Å². The van der Waals surface area contributed by atoms with Crippen LogP contribution in [0.5, 0.6) is 0 Å². The van der Waals surface area contributed by atoms with Crippen LogP contribution in [0, 0.1) is 0 Å². The summed E-state index contributed by atoms with van der Waals surface area (Å²) in [4.78, 5) is 18.8. The molecule has 0 spiro atoms. The maximum absolute atomic E-state index is 13.6. The highest BCUT2D eigenvalue weighted by Gasteiger charge is 2.38. The predicted molar refractivity (Wildman–Crippen MR) is 137 cm³/mol. The minimum Gasteiger partial charge on any atom is -0.394 e. The van der Waals surface area contributed by atoms with Gasteiger partial charge in [0.1, 0.15) is 0 Å². The number of carbonyl (C=O) groups is 1. The normalized spacial score (nSPS) is 19.6. The van der Waals surface area contributed by atoms with E-state index in [9.17, 15) is 36.2 Å². The van der Waals surface area contributed by atoms with Crippen molar-refractivity contribution in [2.45, 2.75) is 25.0 Å². The van der Waals surface area contributed by atoms with E-state index in [-0.39, 0.29) is 23.9 Å². The van der Waals surface area contributed by atoms with Crippen LogP contribution in [0.4, 0.5) is 26.3 Å². The number of morpholine rings is 1. The highest BCUT2D eigenvalue weighted by molar-refractivity contribution is 8.18. The van der Waals surface area contributed by atoms with Crippen molar-refractivity contribution >= 4 is 51.4 Å². The molecule has 40 heavy (non-hydrogen) atoms. The van der Waals surface area contributed by atoms with Gasteiger partial charge in [-0.15, -0.1) is 0 Å². The fraction of sp³-hybridized carbons (Fsp3) is 0.320. The molecule has 3 aromatic rings. The predicted octanol–water partition coefficient (Wildman–Crippen LogP) is 5.44. The molecule has 0 bridgehead atoms. The summed E-state index contributed by atoms with van der Waals surface area (Å²) in [5.41, 5.74) is -2.32. The van der Waals surface area contributed by atoms with E-state index in [4.69, 9.17) is 16.3 Å². The van der Waals surface area contributed by atoms with Gasteiger partial charge in [0.05, 0.1) is 47.4 Å². The number of hydrogen-bond acceptors (Lipinski definition) is 6. The molecule has 1 amide bonds. The van der Waals surface area contributed by atoms with Crippen LogP contribution in [-0.2, 0) is 28.4 Å². The molecule has 1 saturated heterocycles. The topological polar surface area (TPSA) is 80.0 Å². The standard InChI is InChI=1S/C25H19ClF6N4O3S/c26-21-17-7-13(8-20-22(38)33-23(40-20)35-5-6-39-16(11-35)12-37)1-4-19(17)36(34-21)10-14-2-3-15(24(27,28)29)9-18(14)25(30,31)32/h1-4,7-9,16,37H,5-6,10-12H2/b20-8-/t16-/m0/s1. The number of amides is 1. The summed E-state index contributed by atoms with van der Waals surface area (Å²) in [6.45, 7) is 0.651. The number of ether oxygens (including phenoxy) is 1. The third-order valence-corrected chi connectivity index (χ3v) is 7.64. The fourth-order valence-corrected chi connectivity index (χ4v) is 5.56. The molecular formula is C25H19ClF6N4O3S. The lowest BCUT2D eigenvalue weighted by molar-refractivity contribution is -0.143. The molecule has 1 N–H and O–H groups in total. The maximum Gasteiger partial charge on any atom is 0.416 e. The first-order valence-electron chi connectivity index (χ1n) is 11.8. The van der Waals surface area contributed by atoms with Crippen LogP contribution >= 0.6 is 23.4 Å². The van der Waals surface area contributed by atoms with Gasteiger partial charge in [-0.3, -0.25) is 9.48 Å². The lowest BCUT2D eigenvalue weighted by Crippen LogP contribution is -2.45. The van der Waals surface area contributed by atoms with Gasteiger partial charge in [-0.25, -0.2) is 0 Å². The average Bonchev–Trinajstić information content (AvgIpc) is 3.41. The number of halogens is 7. The van der Waals surface area contributed by atoms with Crippen LogP contribution in [-0.4, -0.2) is 63.3 Å². The number of hydrogen-bond donors (Lipinski definition) is 1. The van der Waals surface area contributed by atoms with Crippen molar-refractivity contribution in [1.82, 2.24) is 14.7 Å². The van der Waals surface area contributed by atoms with E-state index in [1.165, 1.54) is 16.4 Å². The molecule has 1 atom stereocenters. The molecule has 0 unspecified atom stereocenters. The van der Waals surface area contributed by atoms with Crippen molar-refractivity contribution in [2.24, 2.45) is 4.99 Å². The third kappa shape index (κ3) is 5.85. The van der Waals surface area contributed by atoms with E-state index in [1.54, 1.807) is 24.3 Å². The first kappa shape index (κ1) is 28.5. The van der Waals surface area contributed by atoms with E-state index in [2.05, 4.69) is 10.1 Å². The minimum absolute atomic E-state index is 0.0265. The Balaban J connectivity index is 1.40. The zero-order chi connectivity index (χ0) is 28.8. The third-order valence-electron chi connectivity index (χ3n) is 6.31. The summed E-state index contributed by atoms with van der Waals surface area (Å²) < 4.78 is 86.5. The zero-order valence-corrected chi connectivity index (χ0v) is 21.8. The molecule has 212 valence electrons. The summed E-state index contributed by atoms with van der Waals surface area (Å²) in [6, 6.07) is 6.23. The molecule has 2 aromatic carbocycles. The van der Waals surface area contributed by atoms with Crippen molar-refractivity contribution < 1.29 is 41.0 Å². The lowest BCUT2D eigenvalue weighted by Gasteiger charge is -2.32. The van der Waals surface area contributed by atoms with E-state index in [0.29, 0.717) is 52.3 Å². The van der Waals surface area contributed by atoms with Crippen LogP contribution < -0.4 is 0 Å². The van der Waals surface area contributed by atoms with E-state index < -0.39 is 41.5 Å². The van der Waals surface area contributed by atoms with Gasteiger partial charge in [0, 0.05) is 18.5 Å². The van der Waals surface area contributed by atoms with Crippen molar-refractivity contribution in [3.05, 3.63) is 68.7 Å². The molecule has 2 aliphatic heterocycles. The highest BCUT2D eigenvalue weighted by atomic mass is 35.5. The SMILES string of the molecule is O=C1N=C(N2CCO[C@H](CO)C2)S/C1=C\c1ccc2c(c1)c(Cl)nn2Cc1ccc(C(F)(F)F)cc1C(F)(F)F. The van der Waals surface area contributed by atoms with E-state index in [0.717, 1.165) is 6.07 Å². The fourth-order valence-electron chi connectivity index (χ4n) is 4.37. The number of aliphatic imine (C=N–C) groups is 1. The van der Waals surface area contributed by atoms with Gasteiger partial charge in [-0.1, -0.05) is 23.7 Å². The van der Waals surface area contributed by atoms with Gasteiger partial charge in [0.25, 0.3) is 5.91 Å². The smallest absolute Gasteiger partial charge is 0.394 e. The number of nitrogens with zero attached hydrogens (tertiary/aromatic N) is 4. The maximum atomic E-state index is 13.6. The van der Waals surface area contributed by atoms with Gasteiger partial charge >= 0.3 is 12.4 Å². The molecule has 5 rings (SSSR count). The molecule has 7 nitrogen and oxygen atoms in total. The molecule has 2 aliphatic rings. The van der Waals surface area contributed by atoms with Crippen molar-refractivity contribution in [3.63, 3.8) is 0 Å². The highest BCUT2D eigenvalue weighted by Crippen LogP contribution is 2.38. The molecular weight excluding hydrogens is 586 g/mol. The number of benzene rings is 2. The number of rotatable bonds is 4. The summed E-state index contributed by atoms with van der Waals surface area (Å²) in [5.74, 6) is -0.448. The van der Waals surface area contributed by atoms with Crippen LogP contribution in [0.15, 0.2) is 46.3 Å². The second-order valence-electron chi connectivity index (χ2n) is 9.02. The Morgan fingerprint density at radius 2 is 1.90 bits per heavy atom. The summed E-state index contributed by atoms with van der Waals surface area (Å²) in [6.07, 6.45) is -8.73. The number of aliphatic hydroxyl groups is 1. The number of amidine groups is 1. The second kappa shape index (κ2) is 10.7. The number of thioether (sulfide) groups is 1. The molecule has 0 saturated carbocycles. The van der Waals surface area contributed by atoms with Gasteiger partial charge in [0.15, 0.2) is 10.3 Å². The van der Waals surface area contributed by atoms with E-state index >= 15 is 0 Å². The Hall–Kier alpha value is -3.07. The Morgan fingerprint density at radius 1 is 1.12 bits per heavy atom. The van der Waals surface area contributed by atoms with Crippen molar-refractivity contribution in [1.29, 1.82) is 0 Å². The summed E-state index contributed by atoms with van der Waals surface area (Å²) in [5, 5.41) is 14.3. The van der Waals surface area contributed by atoms with Crippen LogP contribution in [0.25, 0.3) is 17.0 Å². The number of carbonyl (C=O) groups excluding carboxylic acids is 1. The lowest BCUT2D eigenvalue weighted by atomic mass is 10.0. The van der Waals surface area contributed by atoms with E-state index in [1.807, 2.05) is 4.90 Å². The molecule has 0 radical (unpaired) electrons. The quantitative estimate of drug-likeness (QED) is 0.316. The van der Waals surface area contributed by atoms with Gasteiger partial charge < -0.3 is 14.7 Å². The molecule has 0 aliphatic carbocycles. The Kier molecular flexibility index (Phi) is 7.63.